The van der Waals surface area contributed by atoms with Gasteiger partial charge in [-0.1, -0.05) is 18.2 Å². The van der Waals surface area contributed by atoms with Gasteiger partial charge in [-0.3, -0.25) is 4.79 Å². The Kier molecular flexibility index (Phi) is 4.50. The third kappa shape index (κ3) is 3.55. The summed E-state index contributed by atoms with van der Waals surface area (Å²) >= 11 is 1.32. The van der Waals surface area contributed by atoms with E-state index in [-0.39, 0.29) is 22.2 Å². The van der Waals surface area contributed by atoms with Crippen molar-refractivity contribution >= 4 is 27.1 Å². The number of hydrogen-bond donors (Lipinski definition) is 0. The third-order valence-electron chi connectivity index (χ3n) is 3.26. The number of nitrogens with zero attached hydrogens (tertiary/aromatic N) is 2. The fourth-order valence-electron chi connectivity index (χ4n) is 2.05. The predicted molar refractivity (Wildman–Crippen MR) is 89.2 cm³/mol. The molecule has 2 heterocycles. The first-order valence-electron chi connectivity index (χ1n) is 7.01. The maximum atomic E-state index is 12.3. The van der Waals surface area contributed by atoms with Crippen LogP contribution in [0.4, 0.5) is 0 Å². The quantitative estimate of drug-likeness (QED) is 0.714. The molecule has 0 saturated carbocycles. The molecule has 8 heteroatoms. The van der Waals surface area contributed by atoms with Crippen LogP contribution in [-0.2, 0) is 22.6 Å². The molecule has 0 bridgehead atoms. The van der Waals surface area contributed by atoms with Gasteiger partial charge in [0.25, 0.3) is 0 Å². The van der Waals surface area contributed by atoms with Crippen molar-refractivity contribution in [1.29, 1.82) is 0 Å². The molecule has 3 aromatic rings. The van der Waals surface area contributed by atoms with Gasteiger partial charge in [-0.2, -0.15) is 4.99 Å². The Balaban J connectivity index is 1.82. The van der Waals surface area contributed by atoms with Gasteiger partial charge in [0, 0.05) is 18.6 Å². The summed E-state index contributed by atoms with van der Waals surface area (Å²) in [4.78, 5) is 16.8. The summed E-state index contributed by atoms with van der Waals surface area (Å²) in [5.41, 5.74) is 0. The molecule has 124 valence electrons. The lowest BCUT2D eigenvalue weighted by Gasteiger charge is -2.01. The van der Waals surface area contributed by atoms with Crippen molar-refractivity contribution in [3.05, 3.63) is 70.4 Å². The largest absolute Gasteiger partial charge is 0.455 e. The summed E-state index contributed by atoms with van der Waals surface area (Å²) in [6, 6.07) is 11.0. The number of rotatable bonds is 4. The highest BCUT2D eigenvalue weighted by atomic mass is 32.2. The zero-order chi connectivity index (χ0) is 17.2. The summed E-state index contributed by atoms with van der Waals surface area (Å²) in [7, 11) is -1.74. The SMILES string of the molecule is Cn1ccsc1=NC(=O)c1ccc(CS(=O)(=O)c2ccccc2)o1. The van der Waals surface area contributed by atoms with E-state index in [4.69, 9.17) is 4.42 Å². The zero-order valence-corrected chi connectivity index (χ0v) is 14.4. The van der Waals surface area contributed by atoms with Crippen LogP contribution >= 0.6 is 11.3 Å². The van der Waals surface area contributed by atoms with Crippen LogP contribution in [0.15, 0.2) is 68.3 Å². The molecule has 0 atom stereocenters. The van der Waals surface area contributed by atoms with E-state index >= 15 is 0 Å². The van der Waals surface area contributed by atoms with E-state index in [2.05, 4.69) is 4.99 Å². The van der Waals surface area contributed by atoms with E-state index in [9.17, 15) is 13.2 Å². The van der Waals surface area contributed by atoms with Crippen molar-refractivity contribution in [1.82, 2.24) is 4.57 Å². The Morgan fingerprint density at radius 3 is 2.62 bits per heavy atom. The van der Waals surface area contributed by atoms with Crippen LogP contribution in [-0.4, -0.2) is 18.9 Å². The lowest BCUT2D eigenvalue weighted by Crippen LogP contribution is -2.12. The highest BCUT2D eigenvalue weighted by Gasteiger charge is 2.19. The molecule has 2 aromatic heterocycles. The average Bonchev–Trinajstić information content (AvgIpc) is 3.18. The lowest BCUT2D eigenvalue weighted by molar-refractivity contribution is 0.0970. The molecule has 3 rings (SSSR count). The highest BCUT2D eigenvalue weighted by Crippen LogP contribution is 2.18. The number of sulfone groups is 1. The van der Waals surface area contributed by atoms with Crippen LogP contribution in [0.2, 0.25) is 0 Å². The van der Waals surface area contributed by atoms with E-state index in [0.29, 0.717) is 4.80 Å². The van der Waals surface area contributed by atoms with Gasteiger partial charge in [0.2, 0.25) is 0 Å². The molecule has 0 radical (unpaired) electrons. The molecule has 0 aliphatic carbocycles. The van der Waals surface area contributed by atoms with Gasteiger partial charge >= 0.3 is 5.91 Å². The normalized spacial score (nSPS) is 12.5. The van der Waals surface area contributed by atoms with Crippen molar-refractivity contribution in [2.45, 2.75) is 10.6 Å². The van der Waals surface area contributed by atoms with E-state index in [1.165, 1.54) is 35.6 Å². The summed E-state index contributed by atoms with van der Waals surface area (Å²) in [6.45, 7) is 0. The van der Waals surface area contributed by atoms with Gasteiger partial charge in [0.1, 0.15) is 11.5 Å². The minimum atomic E-state index is -3.52. The number of carbonyl (C=O) groups excluding carboxylic acids is 1. The molecule has 0 unspecified atom stereocenters. The fourth-order valence-corrected chi connectivity index (χ4v) is 4.04. The fraction of sp³-hybridized carbons (Fsp3) is 0.125. The van der Waals surface area contributed by atoms with E-state index in [0.717, 1.165) is 0 Å². The topological polar surface area (TPSA) is 81.6 Å². The molecule has 0 aliphatic heterocycles. The standard InChI is InChI=1S/C16H14N2O4S2/c1-18-9-10-23-16(18)17-15(19)14-8-7-12(22-14)11-24(20,21)13-5-3-2-4-6-13/h2-10H,11H2,1H3. The first-order chi connectivity index (χ1) is 11.5. The van der Waals surface area contributed by atoms with Crippen molar-refractivity contribution in [2.75, 3.05) is 0 Å². The van der Waals surface area contributed by atoms with Crippen molar-refractivity contribution in [3.63, 3.8) is 0 Å². The van der Waals surface area contributed by atoms with Gasteiger partial charge in [-0.15, -0.1) is 11.3 Å². The van der Waals surface area contributed by atoms with Gasteiger partial charge in [0.05, 0.1) is 4.90 Å². The number of aromatic nitrogens is 1. The molecule has 0 N–H and O–H groups in total. The Hall–Kier alpha value is -2.45. The summed E-state index contributed by atoms with van der Waals surface area (Å²) in [5, 5.41) is 1.81. The van der Waals surface area contributed by atoms with Crippen LogP contribution in [0.25, 0.3) is 0 Å². The number of thiazole rings is 1. The van der Waals surface area contributed by atoms with Crippen LogP contribution in [0.3, 0.4) is 0 Å². The van der Waals surface area contributed by atoms with E-state index in [1.807, 2.05) is 5.38 Å². The van der Waals surface area contributed by atoms with Crippen LogP contribution in [0.1, 0.15) is 16.3 Å². The number of furan rings is 1. The van der Waals surface area contributed by atoms with Crippen molar-refractivity contribution < 1.29 is 17.6 Å². The number of aryl methyl sites for hydroxylation is 1. The molecule has 0 aliphatic rings. The number of amides is 1. The molecule has 0 fully saturated rings. The maximum absolute atomic E-state index is 12.3. The summed E-state index contributed by atoms with van der Waals surface area (Å²) < 4.78 is 31.7. The van der Waals surface area contributed by atoms with Crippen LogP contribution in [0.5, 0.6) is 0 Å². The van der Waals surface area contributed by atoms with Gasteiger partial charge in [0.15, 0.2) is 20.4 Å². The second kappa shape index (κ2) is 6.58. The van der Waals surface area contributed by atoms with E-state index < -0.39 is 15.7 Å². The Morgan fingerprint density at radius 1 is 1.21 bits per heavy atom. The minimum absolute atomic E-state index is 0.0154. The smallest absolute Gasteiger partial charge is 0.315 e. The van der Waals surface area contributed by atoms with Crippen molar-refractivity contribution in [2.24, 2.45) is 12.0 Å². The average molecular weight is 362 g/mol. The van der Waals surface area contributed by atoms with Crippen LogP contribution < -0.4 is 4.80 Å². The molecule has 24 heavy (non-hydrogen) atoms. The second-order valence-electron chi connectivity index (χ2n) is 5.05. The number of benzene rings is 1. The summed E-state index contributed by atoms with van der Waals surface area (Å²) in [6.07, 6.45) is 1.79. The van der Waals surface area contributed by atoms with Gasteiger partial charge < -0.3 is 8.98 Å². The molecule has 6 nitrogen and oxygen atoms in total. The summed E-state index contributed by atoms with van der Waals surface area (Å²) in [5.74, 6) is -0.636. The molecule has 1 amide bonds. The number of carbonyl (C=O) groups is 1. The van der Waals surface area contributed by atoms with Crippen LogP contribution in [0, 0.1) is 0 Å². The second-order valence-corrected chi connectivity index (χ2v) is 7.91. The zero-order valence-electron chi connectivity index (χ0n) is 12.7. The Labute approximate surface area is 142 Å². The highest BCUT2D eigenvalue weighted by molar-refractivity contribution is 7.90. The first-order valence-corrected chi connectivity index (χ1v) is 9.54. The molecular weight excluding hydrogens is 348 g/mol. The lowest BCUT2D eigenvalue weighted by atomic mass is 10.4. The number of hydrogen-bond acceptors (Lipinski definition) is 5. The molecule has 0 spiro atoms. The molecule has 0 saturated heterocycles. The van der Waals surface area contributed by atoms with Gasteiger partial charge in [-0.25, -0.2) is 8.42 Å². The maximum Gasteiger partial charge on any atom is 0.315 e. The first kappa shape index (κ1) is 16.4. The Bertz CT molecular complexity index is 1030. The molecular formula is C16H14N2O4S2. The van der Waals surface area contributed by atoms with Crippen molar-refractivity contribution in [3.8, 4) is 0 Å². The monoisotopic (exact) mass is 362 g/mol. The third-order valence-corrected chi connectivity index (χ3v) is 5.77. The predicted octanol–water partition coefficient (Wildman–Crippen LogP) is 2.39. The van der Waals surface area contributed by atoms with E-state index in [1.54, 1.807) is 36.0 Å². The van der Waals surface area contributed by atoms with Gasteiger partial charge in [-0.05, 0) is 24.3 Å². The minimum Gasteiger partial charge on any atom is -0.455 e. The Morgan fingerprint density at radius 2 is 1.96 bits per heavy atom. The molecule has 1 aromatic carbocycles.